The molecule has 0 saturated carbocycles. The molecule has 4 heterocycles. The van der Waals surface area contributed by atoms with Gasteiger partial charge in [0, 0.05) is 62.9 Å². The molecule has 4 rings (SSSR count). The van der Waals surface area contributed by atoms with E-state index in [2.05, 4.69) is 16.5 Å². The van der Waals surface area contributed by atoms with Gasteiger partial charge < -0.3 is 18.9 Å². The summed E-state index contributed by atoms with van der Waals surface area (Å²) in [4.78, 5) is 23.6. The van der Waals surface area contributed by atoms with E-state index >= 15 is 0 Å². The van der Waals surface area contributed by atoms with Crippen LogP contribution in [-0.4, -0.2) is 58.8 Å². The highest BCUT2D eigenvalue weighted by Gasteiger charge is 2.27. The molecule has 0 aromatic carbocycles. The van der Waals surface area contributed by atoms with E-state index in [-0.39, 0.29) is 5.91 Å². The topological polar surface area (TPSA) is 69.5 Å². The predicted octanol–water partition coefficient (Wildman–Crippen LogP) is 3.04. The first-order valence-corrected chi connectivity index (χ1v) is 10.5. The Hall–Kier alpha value is -2.41. The number of carbonyl (C=O) groups is 1. The molecule has 29 heavy (non-hydrogen) atoms. The summed E-state index contributed by atoms with van der Waals surface area (Å²) in [6.45, 7) is 6.37. The Kier molecular flexibility index (Phi) is 6.13. The number of ether oxygens (including phenoxy) is 2. The number of pyridine rings is 1. The third-order valence-corrected chi connectivity index (χ3v) is 6.21. The maximum absolute atomic E-state index is 12.8. The molecule has 2 aromatic heterocycles. The van der Waals surface area contributed by atoms with Crippen molar-refractivity contribution in [1.82, 2.24) is 19.4 Å². The highest BCUT2D eigenvalue weighted by Crippen LogP contribution is 2.29. The van der Waals surface area contributed by atoms with Crippen molar-refractivity contribution in [3.63, 3.8) is 0 Å². The summed E-state index contributed by atoms with van der Waals surface area (Å²) in [5.41, 5.74) is 1.85. The largest absolute Gasteiger partial charge is 0.481 e. The number of hydrogen-bond donors (Lipinski definition) is 0. The van der Waals surface area contributed by atoms with Crippen molar-refractivity contribution in [2.24, 2.45) is 5.92 Å². The van der Waals surface area contributed by atoms with Gasteiger partial charge in [0.15, 0.2) is 0 Å². The van der Waals surface area contributed by atoms with Crippen LogP contribution in [0, 0.1) is 12.8 Å². The van der Waals surface area contributed by atoms with Gasteiger partial charge in [0.05, 0.1) is 12.7 Å². The Morgan fingerprint density at radius 2 is 1.90 bits per heavy atom. The van der Waals surface area contributed by atoms with E-state index < -0.39 is 0 Å². The number of amides is 1. The standard InChI is InChI=1S/C22H30N4O3/c1-16-13-24-21(18-7-11-29-12-8-18)26(16)15-17-5-9-25(10-6-17)22(27)19-3-4-20(28-2)23-14-19/h3-4,13-14,17-18H,5-12,15H2,1-2H3. The Labute approximate surface area is 172 Å². The minimum absolute atomic E-state index is 0.0558. The second-order valence-corrected chi connectivity index (χ2v) is 8.08. The molecule has 2 fully saturated rings. The zero-order chi connectivity index (χ0) is 20.2. The van der Waals surface area contributed by atoms with Crippen molar-refractivity contribution in [2.45, 2.75) is 45.1 Å². The maximum atomic E-state index is 12.8. The molecule has 0 unspecified atom stereocenters. The number of rotatable bonds is 5. The second-order valence-electron chi connectivity index (χ2n) is 8.08. The number of hydrogen-bond acceptors (Lipinski definition) is 5. The van der Waals surface area contributed by atoms with Crippen LogP contribution in [0.3, 0.4) is 0 Å². The highest BCUT2D eigenvalue weighted by atomic mass is 16.5. The van der Waals surface area contributed by atoms with E-state index in [1.165, 1.54) is 11.5 Å². The number of nitrogens with zero attached hydrogens (tertiary/aromatic N) is 4. The monoisotopic (exact) mass is 398 g/mol. The van der Waals surface area contributed by atoms with Crippen molar-refractivity contribution in [3.8, 4) is 5.88 Å². The summed E-state index contributed by atoms with van der Waals surface area (Å²) in [5.74, 6) is 2.87. The quantitative estimate of drug-likeness (QED) is 0.774. The predicted molar refractivity (Wildman–Crippen MR) is 109 cm³/mol. The van der Waals surface area contributed by atoms with E-state index in [0.29, 0.717) is 23.3 Å². The summed E-state index contributed by atoms with van der Waals surface area (Å²) in [5, 5.41) is 0. The molecule has 2 aromatic rings. The van der Waals surface area contributed by atoms with Crippen molar-refractivity contribution >= 4 is 5.91 Å². The minimum Gasteiger partial charge on any atom is -0.481 e. The first-order chi connectivity index (χ1) is 14.2. The average Bonchev–Trinajstić information content (AvgIpc) is 3.14. The van der Waals surface area contributed by atoms with Crippen LogP contribution in [0.5, 0.6) is 5.88 Å². The molecule has 0 radical (unpaired) electrons. The zero-order valence-corrected chi connectivity index (χ0v) is 17.3. The SMILES string of the molecule is COc1ccc(C(=O)N2CCC(Cn3c(C)cnc3C3CCOCC3)CC2)cn1. The fourth-order valence-corrected chi connectivity index (χ4v) is 4.39. The lowest BCUT2D eigenvalue weighted by Gasteiger charge is -2.33. The number of likely N-dealkylation sites (tertiary alicyclic amines) is 1. The van der Waals surface area contributed by atoms with Gasteiger partial charge in [-0.1, -0.05) is 0 Å². The maximum Gasteiger partial charge on any atom is 0.255 e. The summed E-state index contributed by atoms with van der Waals surface area (Å²) < 4.78 is 13.0. The Morgan fingerprint density at radius 3 is 2.55 bits per heavy atom. The van der Waals surface area contributed by atoms with Gasteiger partial charge in [-0.25, -0.2) is 9.97 Å². The van der Waals surface area contributed by atoms with Crippen LogP contribution < -0.4 is 4.74 Å². The number of carbonyl (C=O) groups excluding carboxylic acids is 1. The lowest BCUT2D eigenvalue weighted by Crippen LogP contribution is -2.39. The number of aromatic nitrogens is 3. The summed E-state index contributed by atoms with van der Waals surface area (Å²) >= 11 is 0. The molecule has 156 valence electrons. The Bertz CT molecular complexity index is 819. The van der Waals surface area contributed by atoms with E-state index in [1.807, 2.05) is 11.1 Å². The van der Waals surface area contributed by atoms with Gasteiger partial charge >= 0.3 is 0 Å². The summed E-state index contributed by atoms with van der Waals surface area (Å²) in [7, 11) is 1.57. The fraction of sp³-hybridized carbons (Fsp3) is 0.591. The smallest absolute Gasteiger partial charge is 0.255 e. The number of piperidine rings is 1. The first kappa shape index (κ1) is 19.9. The van der Waals surface area contributed by atoms with Gasteiger partial charge in [-0.15, -0.1) is 0 Å². The van der Waals surface area contributed by atoms with Crippen molar-refractivity contribution in [2.75, 3.05) is 33.4 Å². The molecule has 0 N–H and O–H groups in total. The zero-order valence-electron chi connectivity index (χ0n) is 17.3. The van der Waals surface area contributed by atoms with Gasteiger partial charge in [-0.2, -0.15) is 0 Å². The van der Waals surface area contributed by atoms with Gasteiger partial charge in [-0.3, -0.25) is 4.79 Å². The molecule has 2 aliphatic heterocycles. The van der Waals surface area contributed by atoms with E-state index in [1.54, 1.807) is 25.4 Å². The second kappa shape index (κ2) is 8.95. The molecule has 0 bridgehead atoms. The summed E-state index contributed by atoms with van der Waals surface area (Å²) in [6, 6.07) is 3.52. The van der Waals surface area contributed by atoms with Crippen LogP contribution in [-0.2, 0) is 11.3 Å². The molecule has 0 spiro atoms. The lowest BCUT2D eigenvalue weighted by molar-refractivity contribution is 0.0679. The van der Waals surface area contributed by atoms with E-state index in [9.17, 15) is 4.79 Å². The molecule has 2 saturated heterocycles. The minimum atomic E-state index is 0.0558. The van der Waals surface area contributed by atoms with Crippen LogP contribution in [0.4, 0.5) is 0 Å². The van der Waals surface area contributed by atoms with E-state index in [0.717, 1.165) is 58.5 Å². The van der Waals surface area contributed by atoms with Crippen molar-refractivity contribution < 1.29 is 14.3 Å². The van der Waals surface area contributed by atoms with Gasteiger partial charge in [0.2, 0.25) is 5.88 Å². The first-order valence-electron chi connectivity index (χ1n) is 10.5. The third-order valence-electron chi connectivity index (χ3n) is 6.21. The van der Waals surface area contributed by atoms with Crippen molar-refractivity contribution in [1.29, 1.82) is 0 Å². The van der Waals surface area contributed by atoms with Crippen LogP contribution in [0.1, 0.15) is 53.5 Å². The fourth-order valence-electron chi connectivity index (χ4n) is 4.39. The Morgan fingerprint density at radius 1 is 1.14 bits per heavy atom. The Balaban J connectivity index is 1.35. The molecule has 2 aliphatic rings. The van der Waals surface area contributed by atoms with Gasteiger partial charge in [-0.05, 0) is 44.6 Å². The molecule has 0 aliphatic carbocycles. The van der Waals surface area contributed by atoms with Crippen LogP contribution in [0.25, 0.3) is 0 Å². The van der Waals surface area contributed by atoms with Crippen LogP contribution in [0.15, 0.2) is 24.5 Å². The number of methoxy groups -OCH3 is 1. The molecule has 0 atom stereocenters. The van der Waals surface area contributed by atoms with Gasteiger partial charge in [0.25, 0.3) is 5.91 Å². The number of imidazole rings is 1. The van der Waals surface area contributed by atoms with Crippen LogP contribution in [0.2, 0.25) is 0 Å². The van der Waals surface area contributed by atoms with Crippen molar-refractivity contribution in [3.05, 3.63) is 41.6 Å². The molecule has 7 heteroatoms. The summed E-state index contributed by atoms with van der Waals surface area (Å²) in [6.07, 6.45) is 7.74. The molecular weight excluding hydrogens is 368 g/mol. The normalized spacial score (nSPS) is 18.8. The number of aryl methyl sites for hydroxylation is 1. The third kappa shape index (κ3) is 4.45. The van der Waals surface area contributed by atoms with E-state index in [4.69, 9.17) is 14.5 Å². The highest BCUT2D eigenvalue weighted by molar-refractivity contribution is 5.94. The molecule has 7 nitrogen and oxygen atoms in total. The average molecular weight is 399 g/mol. The molecule has 1 amide bonds. The van der Waals surface area contributed by atoms with Gasteiger partial charge in [0.1, 0.15) is 5.82 Å². The molecular formula is C22H30N4O3. The van der Waals surface area contributed by atoms with Crippen LogP contribution >= 0.6 is 0 Å². The lowest BCUT2D eigenvalue weighted by atomic mass is 9.95.